The lowest BCUT2D eigenvalue weighted by molar-refractivity contribution is -0.139. The molecule has 0 bridgehead atoms. The van der Waals surface area contributed by atoms with Crippen molar-refractivity contribution in [2.45, 2.75) is 13.0 Å². The third-order valence-corrected chi connectivity index (χ3v) is 5.74. The fraction of sp³-hybridized carbons (Fsp3) is 0.429. The summed E-state index contributed by atoms with van der Waals surface area (Å²) in [7, 11) is 0. The molecule has 2 amide bonds. The molecule has 0 aromatic heterocycles. The molecule has 162 valence electrons. The number of nitrogens with zero attached hydrogens (tertiary/aromatic N) is 2. The maximum Gasteiger partial charge on any atom is 0.338 e. The second-order valence-corrected chi connectivity index (χ2v) is 7.74. The van der Waals surface area contributed by atoms with E-state index in [4.69, 9.17) is 32.7 Å². The highest BCUT2D eigenvalue weighted by atomic mass is 35.5. The van der Waals surface area contributed by atoms with Crippen LogP contribution in [-0.4, -0.2) is 67.8 Å². The van der Waals surface area contributed by atoms with Crippen molar-refractivity contribution in [1.82, 2.24) is 15.1 Å². The van der Waals surface area contributed by atoms with E-state index in [9.17, 15) is 9.59 Å². The maximum atomic E-state index is 13.1. The zero-order valence-corrected chi connectivity index (χ0v) is 18.3. The van der Waals surface area contributed by atoms with Crippen LogP contribution in [0.4, 0.5) is 4.79 Å². The molecular weight excluding hydrogens is 429 g/mol. The molecule has 0 spiro atoms. The van der Waals surface area contributed by atoms with Crippen molar-refractivity contribution in [3.63, 3.8) is 0 Å². The molecule has 1 aromatic rings. The topological polar surface area (TPSA) is 71.1 Å². The van der Waals surface area contributed by atoms with Crippen LogP contribution in [0.25, 0.3) is 0 Å². The van der Waals surface area contributed by atoms with Crippen LogP contribution in [0.3, 0.4) is 0 Å². The summed E-state index contributed by atoms with van der Waals surface area (Å²) in [5.74, 6) is -0.481. The normalized spacial score (nSPS) is 20.2. The molecule has 9 heteroatoms. The quantitative estimate of drug-likeness (QED) is 0.505. The first-order valence-electron chi connectivity index (χ1n) is 9.80. The van der Waals surface area contributed by atoms with Gasteiger partial charge in [-0.2, -0.15) is 0 Å². The summed E-state index contributed by atoms with van der Waals surface area (Å²) in [4.78, 5) is 29.7. The Labute approximate surface area is 186 Å². The predicted molar refractivity (Wildman–Crippen MR) is 116 cm³/mol. The smallest absolute Gasteiger partial charge is 0.338 e. The molecule has 0 saturated carbocycles. The molecule has 0 radical (unpaired) electrons. The standard InChI is InChI=1S/C21H25Cl2N3O4/c1-3-7-26-17(13-25-8-10-29-11-9-25)18(20(27)30-4-2)19(24-21(26)28)14-5-6-15(22)16(23)12-14/h3,5-6,12,19H,1,4,7-11,13H2,2H3,(H,24,28). The SMILES string of the molecule is C=CCN1C(=O)NC(c2ccc(Cl)c(Cl)c2)C(C(=O)OCC)=C1CN1CCOCC1. The van der Waals surface area contributed by atoms with Crippen LogP contribution >= 0.6 is 23.2 Å². The molecule has 1 unspecified atom stereocenters. The van der Waals surface area contributed by atoms with Crippen molar-refractivity contribution < 1.29 is 19.1 Å². The second-order valence-electron chi connectivity index (χ2n) is 6.92. The molecule has 2 heterocycles. The number of nitrogens with one attached hydrogen (secondary N) is 1. The van der Waals surface area contributed by atoms with Gasteiger partial charge in [0.1, 0.15) is 0 Å². The number of ether oxygens (including phenoxy) is 2. The highest BCUT2D eigenvalue weighted by molar-refractivity contribution is 6.42. The van der Waals surface area contributed by atoms with E-state index in [0.717, 1.165) is 0 Å². The summed E-state index contributed by atoms with van der Waals surface area (Å²) in [6, 6.07) is 4.02. The molecular formula is C21H25Cl2N3O4. The van der Waals surface area contributed by atoms with Crippen molar-refractivity contribution >= 4 is 35.2 Å². The van der Waals surface area contributed by atoms with Crippen molar-refractivity contribution in [3.05, 3.63) is 57.7 Å². The number of carbonyl (C=O) groups excluding carboxylic acids is 2. The third kappa shape index (κ3) is 4.98. The summed E-state index contributed by atoms with van der Waals surface area (Å²) < 4.78 is 10.8. The van der Waals surface area contributed by atoms with Gasteiger partial charge in [-0.3, -0.25) is 9.80 Å². The number of amides is 2. The van der Waals surface area contributed by atoms with Gasteiger partial charge in [0.15, 0.2) is 0 Å². The van der Waals surface area contributed by atoms with Crippen LogP contribution in [0.15, 0.2) is 42.1 Å². The minimum absolute atomic E-state index is 0.219. The number of benzene rings is 1. The lowest BCUT2D eigenvalue weighted by atomic mass is 9.94. The van der Waals surface area contributed by atoms with E-state index in [-0.39, 0.29) is 19.2 Å². The highest BCUT2D eigenvalue weighted by Crippen LogP contribution is 2.34. The average molecular weight is 454 g/mol. The Morgan fingerprint density at radius 1 is 1.33 bits per heavy atom. The fourth-order valence-electron chi connectivity index (χ4n) is 3.56. The van der Waals surface area contributed by atoms with Crippen LogP contribution in [-0.2, 0) is 14.3 Å². The minimum Gasteiger partial charge on any atom is -0.463 e. The van der Waals surface area contributed by atoms with E-state index in [1.165, 1.54) is 4.90 Å². The van der Waals surface area contributed by atoms with Crippen LogP contribution in [0.1, 0.15) is 18.5 Å². The van der Waals surface area contributed by atoms with Crippen molar-refractivity contribution in [2.24, 2.45) is 0 Å². The number of urea groups is 1. The number of carbonyl (C=O) groups is 2. The first-order chi connectivity index (χ1) is 14.5. The minimum atomic E-state index is -0.705. The maximum absolute atomic E-state index is 13.1. The summed E-state index contributed by atoms with van der Waals surface area (Å²) >= 11 is 12.3. The Balaban J connectivity index is 2.11. The Kier molecular flexibility index (Phi) is 7.77. The van der Waals surface area contributed by atoms with E-state index in [2.05, 4.69) is 16.8 Å². The zero-order chi connectivity index (χ0) is 21.7. The molecule has 2 aliphatic heterocycles. The number of morpholine rings is 1. The van der Waals surface area contributed by atoms with Gasteiger partial charge in [0, 0.05) is 31.9 Å². The van der Waals surface area contributed by atoms with E-state index in [1.54, 1.807) is 31.2 Å². The molecule has 30 heavy (non-hydrogen) atoms. The molecule has 1 fully saturated rings. The van der Waals surface area contributed by atoms with Crippen molar-refractivity contribution in [2.75, 3.05) is 46.0 Å². The lowest BCUT2D eigenvalue weighted by Gasteiger charge is -2.39. The number of halogens is 2. The van der Waals surface area contributed by atoms with Gasteiger partial charge in [-0.25, -0.2) is 9.59 Å². The second kappa shape index (κ2) is 10.3. The van der Waals surface area contributed by atoms with Gasteiger partial charge in [-0.05, 0) is 24.6 Å². The highest BCUT2D eigenvalue weighted by Gasteiger charge is 2.38. The van der Waals surface area contributed by atoms with Gasteiger partial charge < -0.3 is 14.8 Å². The first-order valence-corrected chi connectivity index (χ1v) is 10.6. The Bertz CT molecular complexity index is 853. The lowest BCUT2D eigenvalue weighted by Crippen LogP contribution is -2.51. The largest absolute Gasteiger partial charge is 0.463 e. The van der Waals surface area contributed by atoms with Crippen LogP contribution in [0.2, 0.25) is 10.0 Å². The van der Waals surface area contributed by atoms with Gasteiger partial charge in [0.25, 0.3) is 0 Å². The van der Waals surface area contributed by atoms with Crippen LogP contribution < -0.4 is 5.32 Å². The van der Waals surface area contributed by atoms with E-state index >= 15 is 0 Å². The first kappa shape index (κ1) is 22.6. The van der Waals surface area contributed by atoms with Gasteiger partial charge in [-0.15, -0.1) is 6.58 Å². The number of hydrogen-bond acceptors (Lipinski definition) is 5. The monoisotopic (exact) mass is 453 g/mol. The van der Waals surface area contributed by atoms with Crippen LogP contribution in [0, 0.1) is 0 Å². The Morgan fingerprint density at radius 2 is 2.07 bits per heavy atom. The predicted octanol–water partition coefficient (Wildman–Crippen LogP) is 3.40. The summed E-state index contributed by atoms with van der Waals surface area (Å²) in [6.45, 7) is 9.02. The van der Waals surface area contributed by atoms with Crippen molar-refractivity contribution in [1.29, 1.82) is 0 Å². The van der Waals surface area contributed by atoms with Gasteiger partial charge in [0.05, 0.1) is 41.5 Å². The average Bonchev–Trinajstić information content (AvgIpc) is 2.73. The summed E-state index contributed by atoms with van der Waals surface area (Å²) in [5.41, 5.74) is 1.62. The fourth-order valence-corrected chi connectivity index (χ4v) is 3.86. The number of hydrogen-bond donors (Lipinski definition) is 1. The Hall–Kier alpha value is -2.06. The van der Waals surface area contributed by atoms with Gasteiger partial charge in [-0.1, -0.05) is 35.3 Å². The number of rotatable bonds is 7. The van der Waals surface area contributed by atoms with Gasteiger partial charge in [0.2, 0.25) is 0 Å². The third-order valence-electron chi connectivity index (χ3n) is 5.00. The van der Waals surface area contributed by atoms with E-state index < -0.39 is 12.0 Å². The van der Waals surface area contributed by atoms with E-state index in [1.807, 2.05) is 0 Å². The number of esters is 1. The van der Waals surface area contributed by atoms with Gasteiger partial charge >= 0.3 is 12.0 Å². The Morgan fingerprint density at radius 3 is 2.70 bits per heavy atom. The van der Waals surface area contributed by atoms with Crippen LogP contribution in [0.5, 0.6) is 0 Å². The summed E-state index contributed by atoms with van der Waals surface area (Å²) in [5, 5.41) is 3.64. The van der Waals surface area contributed by atoms with Crippen molar-refractivity contribution in [3.8, 4) is 0 Å². The molecule has 1 atom stereocenters. The van der Waals surface area contributed by atoms with E-state index in [0.29, 0.717) is 59.7 Å². The molecule has 1 N–H and O–H groups in total. The molecule has 7 nitrogen and oxygen atoms in total. The molecule has 3 rings (SSSR count). The molecule has 0 aliphatic carbocycles. The summed E-state index contributed by atoms with van der Waals surface area (Å²) in [6.07, 6.45) is 1.63. The molecule has 2 aliphatic rings. The molecule has 1 saturated heterocycles. The zero-order valence-electron chi connectivity index (χ0n) is 16.8. The molecule has 1 aromatic carbocycles.